The largest absolute Gasteiger partial charge is 0.352 e. The minimum Gasteiger partial charge on any atom is -0.352 e. The van der Waals surface area contributed by atoms with E-state index in [4.69, 9.17) is 23.2 Å². The highest BCUT2D eigenvalue weighted by molar-refractivity contribution is 7.99. The van der Waals surface area contributed by atoms with Gasteiger partial charge in [0.25, 0.3) is 0 Å². The lowest BCUT2D eigenvalue weighted by molar-refractivity contribution is -0.138. The third-order valence-corrected chi connectivity index (χ3v) is 6.66. The first-order valence-corrected chi connectivity index (χ1v) is 12.0. The quantitative estimate of drug-likeness (QED) is 0.470. The summed E-state index contributed by atoms with van der Waals surface area (Å²) >= 11 is 14.0. The molecular weight excluding hydrogens is 458 g/mol. The number of benzene rings is 2. The fourth-order valence-corrected chi connectivity index (χ4v) is 4.21. The molecule has 0 aliphatic carbocycles. The Bertz CT molecular complexity index is 875. The van der Waals surface area contributed by atoms with Crippen molar-refractivity contribution in [3.63, 3.8) is 0 Å². The van der Waals surface area contributed by atoms with Crippen LogP contribution in [-0.4, -0.2) is 34.6 Å². The van der Waals surface area contributed by atoms with E-state index in [1.165, 1.54) is 28.8 Å². The summed E-state index contributed by atoms with van der Waals surface area (Å²) < 4.78 is 13.1. The molecule has 1 N–H and O–H groups in total. The predicted molar refractivity (Wildman–Crippen MR) is 127 cm³/mol. The van der Waals surface area contributed by atoms with Gasteiger partial charge >= 0.3 is 0 Å². The molecule has 0 bridgehead atoms. The van der Waals surface area contributed by atoms with E-state index in [2.05, 4.69) is 5.32 Å². The van der Waals surface area contributed by atoms with Gasteiger partial charge in [-0.1, -0.05) is 48.3 Å². The Kier molecular flexibility index (Phi) is 10.1. The molecule has 0 fully saturated rings. The number of nitrogens with one attached hydrogen (secondary N) is 1. The van der Waals surface area contributed by atoms with E-state index in [0.717, 1.165) is 12.0 Å². The summed E-state index contributed by atoms with van der Waals surface area (Å²) in [4.78, 5) is 27.3. The maximum absolute atomic E-state index is 13.1. The third-order valence-electron chi connectivity index (χ3n) is 4.97. The second kappa shape index (κ2) is 12.3. The van der Waals surface area contributed by atoms with Crippen LogP contribution in [0.15, 0.2) is 42.5 Å². The molecule has 2 aromatic carbocycles. The van der Waals surface area contributed by atoms with Crippen LogP contribution in [0.2, 0.25) is 10.0 Å². The Morgan fingerprint density at radius 1 is 1.10 bits per heavy atom. The second-order valence-electron chi connectivity index (χ2n) is 7.33. The summed E-state index contributed by atoms with van der Waals surface area (Å²) in [6.45, 7) is 5.73. The van der Waals surface area contributed by atoms with Gasteiger partial charge in [0, 0.05) is 33.9 Å². The van der Waals surface area contributed by atoms with Gasteiger partial charge in [0.05, 0.1) is 5.75 Å². The Balaban J connectivity index is 2.14. The van der Waals surface area contributed by atoms with Gasteiger partial charge in [0.15, 0.2) is 0 Å². The Labute approximate surface area is 197 Å². The number of hydrogen-bond acceptors (Lipinski definition) is 3. The number of carbonyl (C=O) groups is 2. The van der Waals surface area contributed by atoms with Crippen molar-refractivity contribution < 1.29 is 14.0 Å². The molecule has 0 heterocycles. The third kappa shape index (κ3) is 7.70. The smallest absolute Gasteiger partial charge is 0.242 e. The zero-order chi connectivity index (χ0) is 23.0. The van der Waals surface area contributed by atoms with Crippen molar-refractivity contribution in [1.82, 2.24) is 10.2 Å². The Hall–Kier alpha value is -1.76. The zero-order valence-electron chi connectivity index (χ0n) is 17.8. The van der Waals surface area contributed by atoms with Crippen molar-refractivity contribution in [2.24, 2.45) is 0 Å². The second-order valence-corrected chi connectivity index (χ2v) is 9.13. The standard InChI is InChI=1S/C23H27Cl2FN2O2S/c1-4-15(2)27-23(30)16(3)28(12-19-20(24)6-5-7-21(19)25)22(29)14-31-13-17-8-10-18(26)11-9-17/h5-11,15-16H,4,12-14H2,1-3H3,(H,27,30). The summed E-state index contributed by atoms with van der Waals surface area (Å²) in [7, 11) is 0. The van der Waals surface area contributed by atoms with Crippen LogP contribution in [0.3, 0.4) is 0 Å². The summed E-state index contributed by atoms with van der Waals surface area (Å²) in [5.74, 6) is -0.00123. The molecule has 8 heteroatoms. The molecule has 2 atom stereocenters. The van der Waals surface area contributed by atoms with E-state index in [-0.39, 0.29) is 36.0 Å². The fourth-order valence-electron chi connectivity index (χ4n) is 2.82. The molecule has 0 aliphatic heterocycles. The molecule has 4 nitrogen and oxygen atoms in total. The van der Waals surface area contributed by atoms with E-state index < -0.39 is 6.04 Å². The first kappa shape index (κ1) is 25.5. The highest BCUT2D eigenvalue weighted by Crippen LogP contribution is 2.27. The van der Waals surface area contributed by atoms with E-state index in [0.29, 0.717) is 21.4 Å². The number of thioether (sulfide) groups is 1. The highest BCUT2D eigenvalue weighted by atomic mass is 35.5. The van der Waals surface area contributed by atoms with Crippen molar-refractivity contribution in [3.05, 3.63) is 69.5 Å². The van der Waals surface area contributed by atoms with Gasteiger partial charge in [0.1, 0.15) is 11.9 Å². The number of halogens is 3. The Morgan fingerprint density at radius 2 is 1.71 bits per heavy atom. The van der Waals surface area contributed by atoms with Crippen LogP contribution in [0.5, 0.6) is 0 Å². The van der Waals surface area contributed by atoms with Gasteiger partial charge in [-0.15, -0.1) is 11.8 Å². The summed E-state index contributed by atoms with van der Waals surface area (Å²) in [6.07, 6.45) is 0.788. The first-order chi connectivity index (χ1) is 14.7. The van der Waals surface area contributed by atoms with Crippen molar-refractivity contribution in [1.29, 1.82) is 0 Å². The number of nitrogens with zero attached hydrogens (tertiary/aromatic N) is 1. The molecule has 2 unspecified atom stereocenters. The van der Waals surface area contributed by atoms with E-state index >= 15 is 0 Å². The number of hydrogen-bond donors (Lipinski definition) is 1. The predicted octanol–water partition coefficient (Wildman–Crippen LogP) is 5.70. The van der Waals surface area contributed by atoms with Crippen LogP contribution >= 0.6 is 35.0 Å². The summed E-state index contributed by atoms with van der Waals surface area (Å²) in [5, 5.41) is 3.81. The zero-order valence-corrected chi connectivity index (χ0v) is 20.2. The maximum Gasteiger partial charge on any atom is 0.242 e. The van der Waals surface area contributed by atoms with Crippen molar-refractivity contribution in [2.75, 3.05) is 5.75 Å². The Morgan fingerprint density at radius 3 is 2.29 bits per heavy atom. The lowest BCUT2D eigenvalue weighted by Crippen LogP contribution is -2.50. The van der Waals surface area contributed by atoms with Crippen LogP contribution in [-0.2, 0) is 21.9 Å². The van der Waals surface area contributed by atoms with Crippen LogP contribution in [0.1, 0.15) is 38.3 Å². The molecule has 0 saturated carbocycles. The van der Waals surface area contributed by atoms with Gasteiger partial charge in [-0.2, -0.15) is 0 Å². The van der Waals surface area contributed by atoms with Gasteiger partial charge < -0.3 is 10.2 Å². The van der Waals surface area contributed by atoms with Crippen LogP contribution in [0, 0.1) is 5.82 Å². The molecule has 0 radical (unpaired) electrons. The van der Waals surface area contributed by atoms with Gasteiger partial charge in [-0.25, -0.2) is 4.39 Å². The minimum absolute atomic E-state index is 0.00338. The first-order valence-electron chi connectivity index (χ1n) is 10.1. The molecular formula is C23H27Cl2FN2O2S. The number of carbonyl (C=O) groups excluding carboxylic acids is 2. The van der Waals surface area contributed by atoms with Crippen LogP contribution < -0.4 is 5.32 Å². The summed E-state index contributed by atoms with van der Waals surface area (Å²) in [5.41, 5.74) is 1.52. The van der Waals surface area contributed by atoms with Gasteiger partial charge in [-0.05, 0) is 50.1 Å². The molecule has 0 spiro atoms. The molecule has 0 aromatic heterocycles. The van der Waals surface area contributed by atoms with Crippen LogP contribution in [0.4, 0.5) is 4.39 Å². The van der Waals surface area contributed by atoms with Crippen molar-refractivity contribution >= 4 is 46.8 Å². The summed E-state index contributed by atoms with van der Waals surface area (Å²) in [6, 6.07) is 10.6. The lowest BCUT2D eigenvalue weighted by Gasteiger charge is -2.30. The van der Waals surface area contributed by atoms with Gasteiger partial charge in [-0.3, -0.25) is 9.59 Å². The van der Waals surface area contributed by atoms with E-state index in [9.17, 15) is 14.0 Å². The number of rotatable bonds is 10. The van der Waals surface area contributed by atoms with E-state index in [1.807, 2.05) is 13.8 Å². The minimum atomic E-state index is -0.694. The molecule has 168 valence electrons. The molecule has 2 aromatic rings. The van der Waals surface area contributed by atoms with Crippen LogP contribution in [0.25, 0.3) is 0 Å². The molecule has 2 amide bonds. The highest BCUT2D eigenvalue weighted by Gasteiger charge is 2.27. The number of amides is 2. The van der Waals surface area contributed by atoms with E-state index in [1.54, 1.807) is 37.3 Å². The molecule has 0 saturated heterocycles. The van der Waals surface area contributed by atoms with Crippen molar-refractivity contribution in [3.8, 4) is 0 Å². The molecule has 31 heavy (non-hydrogen) atoms. The normalized spacial score (nSPS) is 12.8. The molecule has 2 rings (SSSR count). The fraction of sp³-hybridized carbons (Fsp3) is 0.391. The average Bonchev–Trinajstić information content (AvgIpc) is 2.74. The average molecular weight is 485 g/mol. The molecule has 0 aliphatic rings. The van der Waals surface area contributed by atoms with Crippen molar-refractivity contribution in [2.45, 2.75) is 51.6 Å². The van der Waals surface area contributed by atoms with Gasteiger partial charge in [0.2, 0.25) is 11.8 Å². The maximum atomic E-state index is 13.1. The lowest BCUT2D eigenvalue weighted by atomic mass is 10.1. The SMILES string of the molecule is CCC(C)NC(=O)C(C)N(Cc1c(Cl)cccc1Cl)C(=O)CSCc1ccc(F)cc1. The topological polar surface area (TPSA) is 49.4 Å². The monoisotopic (exact) mass is 484 g/mol.